The van der Waals surface area contributed by atoms with Crippen molar-refractivity contribution in [1.29, 1.82) is 0 Å². The highest BCUT2D eigenvalue weighted by atomic mass is 19.4. The third-order valence-corrected chi connectivity index (χ3v) is 1.44. The number of carbonyl (C=O) groups excluding carboxylic acids is 1. The maximum absolute atomic E-state index is 13.1. The summed E-state index contributed by atoms with van der Waals surface area (Å²) in [4.78, 5) is 10.3. The highest BCUT2D eigenvalue weighted by Gasteiger charge is 2.33. The van der Waals surface area contributed by atoms with Crippen LogP contribution in [0.5, 0.6) is 5.75 Å². The molecule has 0 aliphatic heterocycles. The van der Waals surface area contributed by atoms with Crippen molar-refractivity contribution in [2.75, 3.05) is 5.73 Å². The van der Waals surface area contributed by atoms with Gasteiger partial charge in [0.05, 0.1) is 5.56 Å². The zero-order chi connectivity index (χ0) is 11.6. The van der Waals surface area contributed by atoms with Gasteiger partial charge < -0.3 is 10.5 Å². The van der Waals surface area contributed by atoms with E-state index in [1.54, 1.807) is 0 Å². The smallest absolute Gasteiger partial charge is 0.403 e. The van der Waals surface area contributed by atoms with E-state index < -0.39 is 23.5 Å². The van der Waals surface area contributed by atoms with Gasteiger partial charge in [-0.05, 0) is 6.07 Å². The van der Waals surface area contributed by atoms with Gasteiger partial charge in [-0.25, -0.2) is 4.39 Å². The molecule has 0 fully saturated rings. The molecule has 0 bridgehead atoms. The number of benzene rings is 1. The lowest BCUT2D eigenvalue weighted by molar-refractivity contribution is -0.275. The highest BCUT2D eigenvalue weighted by Crippen LogP contribution is 2.29. The second-order valence-electron chi connectivity index (χ2n) is 2.59. The number of hydrogen-bond donors (Lipinski definition) is 1. The number of aldehydes is 1. The minimum absolute atomic E-state index is 0.0505. The lowest BCUT2D eigenvalue weighted by Gasteiger charge is -2.10. The molecular formula is C8H5F4NO2. The highest BCUT2D eigenvalue weighted by molar-refractivity contribution is 5.78. The molecule has 0 radical (unpaired) electrons. The van der Waals surface area contributed by atoms with Gasteiger partial charge in [-0.2, -0.15) is 0 Å². The van der Waals surface area contributed by atoms with Gasteiger partial charge >= 0.3 is 6.36 Å². The second kappa shape index (κ2) is 3.76. The maximum Gasteiger partial charge on any atom is 0.573 e. The molecule has 0 amide bonds. The van der Waals surface area contributed by atoms with Gasteiger partial charge in [0.2, 0.25) is 0 Å². The zero-order valence-corrected chi connectivity index (χ0v) is 7.14. The summed E-state index contributed by atoms with van der Waals surface area (Å²) in [5.74, 6) is -2.51. The predicted molar refractivity (Wildman–Crippen MR) is 42.9 cm³/mol. The molecule has 0 saturated carbocycles. The monoisotopic (exact) mass is 223 g/mol. The molecule has 2 N–H and O–H groups in total. The molecular weight excluding hydrogens is 218 g/mol. The third-order valence-electron chi connectivity index (χ3n) is 1.44. The Morgan fingerprint density at radius 3 is 2.40 bits per heavy atom. The Hall–Kier alpha value is -1.79. The molecule has 3 nitrogen and oxygen atoms in total. The topological polar surface area (TPSA) is 52.3 Å². The van der Waals surface area contributed by atoms with Gasteiger partial charge in [0.25, 0.3) is 0 Å². The average Bonchev–Trinajstić information content (AvgIpc) is 2.08. The van der Waals surface area contributed by atoms with Crippen molar-refractivity contribution in [3.63, 3.8) is 0 Å². The molecule has 0 aliphatic rings. The fourth-order valence-corrected chi connectivity index (χ4v) is 0.926. The summed E-state index contributed by atoms with van der Waals surface area (Å²) in [6.45, 7) is 0. The van der Waals surface area contributed by atoms with Crippen LogP contribution in [0, 0.1) is 5.82 Å². The van der Waals surface area contributed by atoms with Gasteiger partial charge in [0.15, 0.2) is 17.9 Å². The molecule has 15 heavy (non-hydrogen) atoms. The fourth-order valence-electron chi connectivity index (χ4n) is 0.926. The van der Waals surface area contributed by atoms with Crippen LogP contribution in [-0.2, 0) is 0 Å². The van der Waals surface area contributed by atoms with Crippen LogP contribution in [0.1, 0.15) is 10.4 Å². The van der Waals surface area contributed by atoms with Crippen LogP contribution < -0.4 is 10.5 Å². The number of alkyl halides is 3. The molecule has 0 saturated heterocycles. The molecule has 7 heteroatoms. The first-order chi connectivity index (χ1) is 6.83. The second-order valence-corrected chi connectivity index (χ2v) is 2.59. The van der Waals surface area contributed by atoms with Gasteiger partial charge in [0, 0.05) is 11.8 Å². The van der Waals surface area contributed by atoms with E-state index in [1.807, 2.05) is 0 Å². The van der Waals surface area contributed by atoms with Gasteiger partial charge in [-0.3, -0.25) is 4.79 Å². The number of anilines is 1. The SMILES string of the molecule is Nc1cc(C=O)c(F)c(OC(F)(F)F)c1. The Morgan fingerprint density at radius 1 is 1.33 bits per heavy atom. The number of rotatable bonds is 2. The van der Waals surface area contributed by atoms with Crippen LogP contribution in [0.3, 0.4) is 0 Å². The average molecular weight is 223 g/mol. The van der Waals surface area contributed by atoms with E-state index in [2.05, 4.69) is 4.74 Å². The standard InChI is InChI=1S/C8H5F4NO2/c9-7-4(3-14)1-5(13)2-6(7)15-8(10,11)12/h1-3H,13H2. The van der Waals surface area contributed by atoms with Crippen LogP contribution in [0.4, 0.5) is 23.2 Å². The number of halogens is 4. The van der Waals surface area contributed by atoms with Crippen LogP contribution >= 0.6 is 0 Å². The van der Waals surface area contributed by atoms with Crippen molar-refractivity contribution in [3.8, 4) is 5.75 Å². The van der Waals surface area contributed by atoms with E-state index in [0.717, 1.165) is 6.07 Å². The number of nitrogen functional groups attached to an aromatic ring is 1. The molecule has 1 aromatic carbocycles. The van der Waals surface area contributed by atoms with Crippen molar-refractivity contribution < 1.29 is 27.1 Å². The lowest BCUT2D eigenvalue weighted by Crippen LogP contribution is -2.18. The minimum atomic E-state index is -5.03. The van der Waals surface area contributed by atoms with Crippen LogP contribution in [0.15, 0.2) is 12.1 Å². The van der Waals surface area contributed by atoms with Crippen LogP contribution in [0.2, 0.25) is 0 Å². The van der Waals surface area contributed by atoms with E-state index in [9.17, 15) is 22.4 Å². The summed E-state index contributed by atoms with van der Waals surface area (Å²) in [6, 6.07) is 1.56. The van der Waals surface area contributed by atoms with Crippen LogP contribution in [0.25, 0.3) is 0 Å². The first kappa shape index (κ1) is 11.3. The molecule has 0 heterocycles. The van der Waals surface area contributed by atoms with E-state index in [4.69, 9.17) is 5.73 Å². The Balaban J connectivity index is 3.18. The molecule has 0 spiro atoms. The van der Waals surface area contributed by atoms with E-state index in [0.29, 0.717) is 6.07 Å². The van der Waals surface area contributed by atoms with Gasteiger partial charge in [-0.15, -0.1) is 13.2 Å². The Kier molecular flexibility index (Phi) is 2.83. The molecule has 1 rings (SSSR count). The third kappa shape index (κ3) is 2.83. The molecule has 0 unspecified atom stereocenters. The quantitative estimate of drug-likeness (QED) is 0.474. The molecule has 0 aromatic heterocycles. The van der Waals surface area contributed by atoms with E-state index >= 15 is 0 Å². The molecule has 1 aromatic rings. The lowest BCUT2D eigenvalue weighted by atomic mass is 10.2. The van der Waals surface area contributed by atoms with Crippen molar-refractivity contribution in [2.45, 2.75) is 6.36 Å². The zero-order valence-electron chi connectivity index (χ0n) is 7.14. The summed E-state index contributed by atoms with van der Waals surface area (Å²) in [6.07, 6.45) is -4.98. The van der Waals surface area contributed by atoms with E-state index in [1.165, 1.54) is 0 Å². The summed E-state index contributed by atoms with van der Waals surface area (Å²) in [7, 11) is 0. The number of ether oxygens (including phenoxy) is 1. The normalized spacial score (nSPS) is 11.2. The van der Waals surface area contributed by atoms with Gasteiger partial charge in [0.1, 0.15) is 0 Å². The number of nitrogens with two attached hydrogens (primary N) is 1. The number of hydrogen-bond acceptors (Lipinski definition) is 3. The number of carbonyl (C=O) groups is 1. The van der Waals surface area contributed by atoms with Gasteiger partial charge in [-0.1, -0.05) is 0 Å². The van der Waals surface area contributed by atoms with Crippen LogP contribution in [-0.4, -0.2) is 12.6 Å². The van der Waals surface area contributed by atoms with Crippen molar-refractivity contribution >= 4 is 12.0 Å². The predicted octanol–water partition coefficient (Wildman–Crippen LogP) is 2.12. The molecule has 0 aliphatic carbocycles. The largest absolute Gasteiger partial charge is 0.573 e. The maximum atomic E-state index is 13.1. The summed E-state index contributed by atoms with van der Waals surface area (Å²) >= 11 is 0. The van der Waals surface area contributed by atoms with E-state index in [-0.39, 0.29) is 12.0 Å². The first-order valence-electron chi connectivity index (χ1n) is 3.63. The first-order valence-corrected chi connectivity index (χ1v) is 3.63. The molecule has 82 valence electrons. The summed E-state index contributed by atoms with van der Waals surface area (Å²) < 4.78 is 51.7. The summed E-state index contributed by atoms with van der Waals surface area (Å²) in [5.41, 5.74) is 4.36. The Morgan fingerprint density at radius 2 is 1.93 bits per heavy atom. The minimum Gasteiger partial charge on any atom is -0.403 e. The molecule has 0 atom stereocenters. The fraction of sp³-hybridized carbons (Fsp3) is 0.125. The Bertz CT molecular complexity index is 389. The Labute approximate surface area is 81.4 Å². The van der Waals surface area contributed by atoms with Crippen molar-refractivity contribution in [3.05, 3.63) is 23.5 Å². The van der Waals surface area contributed by atoms with Crippen molar-refractivity contribution in [2.24, 2.45) is 0 Å². The van der Waals surface area contributed by atoms with Crippen molar-refractivity contribution in [1.82, 2.24) is 0 Å². The summed E-state index contributed by atoms with van der Waals surface area (Å²) in [5, 5.41) is 0.